The number of carbonyl (C=O) groups is 1. The Morgan fingerprint density at radius 1 is 0.913 bits per heavy atom. The lowest BCUT2D eigenvalue weighted by molar-refractivity contribution is 0.0516. The quantitative estimate of drug-likeness (QED) is 0.385. The molecule has 1 aromatic heterocycles. The first-order valence-electron chi connectivity index (χ1n) is 7.19. The summed E-state index contributed by atoms with van der Waals surface area (Å²) in [6.45, 7) is 1.82. The number of hydrogen-bond acceptors (Lipinski definition) is 4. The second-order valence-electron chi connectivity index (χ2n) is 4.98. The van der Waals surface area contributed by atoms with E-state index in [2.05, 4.69) is 5.16 Å². The molecule has 1 heterocycles. The molecule has 0 N–H and O–H groups in total. The van der Waals surface area contributed by atoms with E-state index in [9.17, 15) is 4.79 Å². The molecule has 0 saturated carbocycles. The molecule has 2 aromatic carbocycles. The molecule has 4 heteroatoms. The van der Waals surface area contributed by atoms with Crippen molar-refractivity contribution < 1.29 is 9.63 Å². The van der Waals surface area contributed by atoms with Crippen LogP contribution in [0.1, 0.15) is 22.2 Å². The third-order valence-electron chi connectivity index (χ3n) is 3.37. The fourth-order valence-electron chi connectivity index (χ4n) is 2.12. The molecule has 0 bridgehead atoms. The Morgan fingerprint density at radius 3 is 2.26 bits per heavy atom. The largest absolute Gasteiger partial charge is 0.365 e. The molecule has 0 saturated heterocycles. The number of hydrogen-bond donors (Lipinski definition) is 0. The van der Waals surface area contributed by atoms with Crippen molar-refractivity contribution in [1.82, 2.24) is 0 Å². The Labute approximate surface area is 138 Å². The van der Waals surface area contributed by atoms with Crippen molar-refractivity contribution in [2.75, 3.05) is 0 Å². The van der Waals surface area contributed by atoms with Crippen LogP contribution in [-0.2, 0) is 4.84 Å². The average molecular weight is 321 g/mol. The van der Waals surface area contributed by atoms with Gasteiger partial charge in [-0.3, -0.25) is 0 Å². The number of oxime groups is 1. The van der Waals surface area contributed by atoms with Gasteiger partial charge in [0.1, 0.15) is 0 Å². The van der Waals surface area contributed by atoms with E-state index < -0.39 is 5.97 Å². The fraction of sp³-hybridized carbons (Fsp3) is 0.0526. The van der Waals surface area contributed by atoms with Crippen LogP contribution in [0.25, 0.3) is 11.1 Å². The zero-order valence-corrected chi connectivity index (χ0v) is 13.4. The van der Waals surface area contributed by atoms with Crippen LogP contribution in [-0.4, -0.2) is 11.7 Å². The molecule has 3 rings (SSSR count). The van der Waals surface area contributed by atoms with Gasteiger partial charge >= 0.3 is 5.97 Å². The topological polar surface area (TPSA) is 38.7 Å². The normalized spacial score (nSPS) is 11.3. The molecule has 0 radical (unpaired) electrons. The maximum Gasteiger partial charge on any atom is 0.365 e. The fourth-order valence-corrected chi connectivity index (χ4v) is 2.79. The highest BCUT2D eigenvalue weighted by Gasteiger charge is 2.08. The standard InChI is InChI=1S/C19H15NO2S/c1-14(18-8-5-13-23-18)20-22-19(21)17-11-9-16(10-12-17)15-6-3-2-4-7-15/h2-13H,1H3/b20-14-. The van der Waals surface area contributed by atoms with Crippen LogP contribution in [0, 0.1) is 0 Å². The van der Waals surface area contributed by atoms with Gasteiger partial charge < -0.3 is 4.84 Å². The Balaban J connectivity index is 1.70. The van der Waals surface area contributed by atoms with Crippen LogP contribution in [0.3, 0.4) is 0 Å². The highest BCUT2D eigenvalue weighted by atomic mass is 32.1. The zero-order chi connectivity index (χ0) is 16.1. The van der Waals surface area contributed by atoms with Crippen molar-refractivity contribution in [1.29, 1.82) is 0 Å². The summed E-state index contributed by atoms with van der Waals surface area (Å²) >= 11 is 1.56. The summed E-state index contributed by atoms with van der Waals surface area (Å²) in [6.07, 6.45) is 0. The van der Waals surface area contributed by atoms with Crippen molar-refractivity contribution >= 4 is 23.0 Å². The number of benzene rings is 2. The minimum Gasteiger partial charge on any atom is -0.313 e. The summed E-state index contributed by atoms with van der Waals surface area (Å²) in [5, 5.41) is 5.86. The van der Waals surface area contributed by atoms with Crippen molar-refractivity contribution in [3.05, 3.63) is 82.6 Å². The minimum absolute atomic E-state index is 0.458. The van der Waals surface area contributed by atoms with E-state index in [1.807, 2.05) is 66.9 Å². The first-order valence-corrected chi connectivity index (χ1v) is 8.07. The molecule has 114 valence electrons. The second-order valence-corrected chi connectivity index (χ2v) is 5.92. The Morgan fingerprint density at radius 2 is 1.61 bits per heavy atom. The number of nitrogens with zero attached hydrogens (tertiary/aromatic N) is 1. The Bertz CT molecular complexity index is 806. The maximum atomic E-state index is 12.0. The lowest BCUT2D eigenvalue weighted by Crippen LogP contribution is -2.03. The lowest BCUT2D eigenvalue weighted by atomic mass is 10.0. The van der Waals surface area contributed by atoms with Gasteiger partial charge in [-0.15, -0.1) is 11.3 Å². The van der Waals surface area contributed by atoms with Gasteiger partial charge in [-0.25, -0.2) is 4.79 Å². The third-order valence-corrected chi connectivity index (χ3v) is 4.35. The van der Waals surface area contributed by atoms with Crippen molar-refractivity contribution in [2.45, 2.75) is 6.92 Å². The predicted octanol–water partition coefficient (Wildman–Crippen LogP) is 5.00. The minimum atomic E-state index is -0.458. The van der Waals surface area contributed by atoms with Gasteiger partial charge in [-0.05, 0) is 41.6 Å². The van der Waals surface area contributed by atoms with Crippen LogP contribution < -0.4 is 0 Å². The van der Waals surface area contributed by atoms with Gasteiger partial charge in [0.25, 0.3) is 0 Å². The molecule has 0 aliphatic heterocycles. The maximum absolute atomic E-state index is 12.0. The van der Waals surface area contributed by atoms with Gasteiger partial charge in [0.15, 0.2) is 0 Å². The molecule has 0 aliphatic carbocycles. The van der Waals surface area contributed by atoms with Crippen molar-refractivity contribution in [3.63, 3.8) is 0 Å². The van der Waals surface area contributed by atoms with E-state index >= 15 is 0 Å². The first-order chi connectivity index (χ1) is 11.2. The average Bonchev–Trinajstić information content (AvgIpc) is 3.15. The second kappa shape index (κ2) is 7.03. The van der Waals surface area contributed by atoms with Crippen LogP contribution in [0.5, 0.6) is 0 Å². The van der Waals surface area contributed by atoms with Crippen molar-refractivity contribution in [3.8, 4) is 11.1 Å². The smallest absolute Gasteiger partial charge is 0.313 e. The first kappa shape index (κ1) is 15.2. The monoisotopic (exact) mass is 321 g/mol. The van der Waals surface area contributed by atoms with E-state index in [4.69, 9.17) is 4.84 Å². The van der Waals surface area contributed by atoms with Gasteiger partial charge in [0, 0.05) is 0 Å². The highest BCUT2D eigenvalue weighted by molar-refractivity contribution is 7.12. The summed E-state index contributed by atoms with van der Waals surface area (Å²) in [7, 11) is 0. The summed E-state index contributed by atoms with van der Waals surface area (Å²) in [5.41, 5.74) is 3.33. The molecule has 3 nitrogen and oxygen atoms in total. The molecule has 0 atom stereocenters. The van der Waals surface area contributed by atoms with Gasteiger partial charge in [0.2, 0.25) is 0 Å². The Kier molecular flexibility index (Phi) is 4.64. The van der Waals surface area contributed by atoms with Crippen LogP contribution in [0.15, 0.2) is 77.3 Å². The summed E-state index contributed by atoms with van der Waals surface area (Å²) in [4.78, 5) is 18.0. The number of carbonyl (C=O) groups excluding carboxylic acids is 1. The SMILES string of the molecule is C/C(=N/OC(=O)c1ccc(-c2ccccc2)cc1)c1cccs1. The Hall–Kier alpha value is -2.72. The van der Waals surface area contributed by atoms with Crippen LogP contribution in [0.2, 0.25) is 0 Å². The lowest BCUT2D eigenvalue weighted by Gasteiger charge is -2.03. The van der Waals surface area contributed by atoms with E-state index in [0.29, 0.717) is 11.3 Å². The van der Waals surface area contributed by atoms with Crippen molar-refractivity contribution in [2.24, 2.45) is 5.16 Å². The molecular weight excluding hydrogens is 306 g/mol. The number of rotatable bonds is 4. The zero-order valence-electron chi connectivity index (χ0n) is 12.6. The van der Waals surface area contributed by atoms with E-state index in [1.54, 1.807) is 23.5 Å². The van der Waals surface area contributed by atoms with Gasteiger partial charge in [0.05, 0.1) is 16.2 Å². The number of thiophene rings is 1. The predicted molar refractivity (Wildman–Crippen MR) is 93.8 cm³/mol. The molecule has 0 aliphatic rings. The molecule has 23 heavy (non-hydrogen) atoms. The third kappa shape index (κ3) is 3.73. The van der Waals surface area contributed by atoms with Crippen LogP contribution in [0.4, 0.5) is 0 Å². The van der Waals surface area contributed by atoms with E-state index in [1.165, 1.54) is 0 Å². The summed E-state index contributed by atoms with van der Waals surface area (Å²) in [5.74, 6) is -0.458. The molecule has 3 aromatic rings. The molecule has 0 unspecified atom stereocenters. The highest BCUT2D eigenvalue weighted by Crippen LogP contribution is 2.19. The summed E-state index contributed by atoms with van der Waals surface area (Å²) < 4.78 is 0. The molecule has 0 spiro atoms. The van der Waals surface area contributed by atoms with Crippen LogP contribution >= 0.6 is 11.3 Å². The molecule has 0 amide bonds. The molecular formula is C19H15NO2S. The van der Waals surface area contributed by atoms with E-state index in [-0.39, 0.29) is 0 Å². The van der Waals surface area contributed by atoms with Gasteiger partial charge in [-0.2, -0.15) is 0 Å². The summed E-state index contributed by atoms with van der Waals surface area (Å²) in [6, 6.07) is 21.2. The van der Waals surface area contributed by atoms with Gasteiger partial charge in [-0.1, -0.05) is 53.7 Å². The van der Waals surface area contributed by atoms with E-state index in [0.717, 1.165) is 16.0 Å². The molecule has 0 fully saturated rings.